The quantitative estimate of drug-likeness (QED) is 0.194. The van der Waals surface area contributed by atoms with Crippen LogP contribution >= 0.6 is 11.6 Å². The summed E-state index contributed by atoms with van der Waals surface area (Å²) in [5.41, 5.74) is 2.57. The van der Waals surface area contributed by atoms with Gasteiger partial charge in [0.25, 0.3) is 0 Å². The molecule has 2 unspecified atom stereocenters. The molecule has 48 heavy (non-hydrogen) atoms. The van der Waals surface area contributed by atoms with Crippen LogP contribution in [0.25, 0.3) is 33.2 Å². The maximum absolute atomic E-state index is 15.7. The number of likely N-dealkylation sites (tertiary alicyclic amines) is 1. The highest BCUT2D eigenvalue weighted by Crippen LogP contribution is 2.34. The first-order chi connectivity index (χ1) is 22.9. The Morgan fingerprint density at radius 2 is 1.71 bits per heavy atom. The van der Waals surface area contributed by atoms with E-state index in [1.807, 2.05) is 0 Å². The van der Waals surface area contributed by atoms with Gasteiger partial charge in [0.05, 0.1) is 17.7 Å². The highest BCUT2D eigenvalue weighted by atomic mass is 35.5. The fourth-order valence-electron chi connectivity index (χ4n) is 5.81. The molecule has 0 saturated carbocycles. The van der Waals surface area contributed by atoms with E-state index >= 15 is 4.39 Å². The summed E-state index contributed by atoms with van der Waals surface area (Å²) in [5, 5.41) is 7.61. The third-order valence-electron chi connectivity index (χ3n) is 8.28. The van der Waals surface area contributed by atoms with Gasteiger partial charge in [0.2, 0.25) is 11.8 Å². The van der Waals surface area contributed by atoms with Gasteiger partial charge in [-0.1, -0.05) is 29.8 Å². The molecule has 3 aromatic carbocycles. The SMILES string of the molecule is CC(=O)c1ccc(Cl)c(-c2cccc(NC(=O)C3CC(F)CN3C(=O)Cn3nc(C(C)=O)c4cc(-c5cnc(C)nc5)ccc43)c2F)c1. The minimum atomic E-state index is -1.49. The molecule has 6 rings (SSSR count). The minimum absolute atomic E-state index is 0.0496. The lowest BCUT2D eigenvalue weighted by atomic mass is 10.00. The number of aromatic nitrogens is 4. The van der Waals surface area contributed by atoms with Crippen LogP contribution in [0.5, 0.6) is 0 Å². The number of fused-ring (bicyclic) bond motifs is 1. The van der Waals surface area contributed by atoms with Crippen molar-refractivity contribution < 1.29 is 28.0 Å². The summed E-state index contributed by atoms with van der Waals surface area (Å²) in [6, 6.07) is 12.8. The molecule has 0 radical (unpaired) electrons. The molecule has 1 fully saturated rings. The standard InChI is InChI=1S/C35H29ClF2N6O4/c1-18(45)21-7-9-28(36)26(11-21)25-5-4-6-29(33(25)38)41-35(48)31-13-24(37)16-43(31)32(47)17-44-30-10-8-22(23-14-39-20(3)40-15-23)12-27(30)34(42-44)19(2)46/h4-12,14-15,24,31H,13,16-17H2,1-3H3,(H,41,48). The number of ketones is 2. The monoisotopic (exact) mass is 670 g/mol. The smallest absolute Gasteiger partial charge is 0.247 e. The van der Waals surface area contributed by atoms with Gasteiger partial charge in [0.1, 0.15) is 30.3 Å². The molecule has 0 spiro atoms. The van der Waals surface area contributed by atoms with E-state index in [0.29, 0.717) is 22.3 Å². The molecule has 2 atom stereocenters. The summed E-state index contributed by atoms with van der Waals surface area (Å²) in [6.07, 6.45) is 1.56. The van der Waals surface area contributed by atoms with Gasteiger partial charge in [-0.3, -0.25) is 23.9 Å². The van der Waals surface area contributed by atoms with Gasteiger partial charge in [-0.2, -0.15) is 5.10 Å². The molecule has 0 aliphatic carbocycles. The van der Waals surface area contributed by atoms with Crippen LogP contribution in [0.4, 0.5) is 14.5 Å². The topological polar surface area (TPSA) is 127 Å². The highest BCUT2D eigenvalue weighted by molar-refractivity contribution is 6.33. The van der Waals surface area contributed by atoms with Crippen LogP contribution in [0, 0.1) is 12.7 Å². The van der Waals surface area contributed by atoms with Crippen molar-refractivity contribution in [2.75, 3.05) is 11.9 Å². The van der Waals surface area contributed by atoms with Crippen molar-refractivity contribution in [3.05, 3.63) is 94.9 Å². The predicted octanol–water partition coefficient (Wildman–Crippen LogP) is 6.24. The summed E-state index contributed by atoms with van der Waals surface area (Å²) in [4.78, 5) is 61.0. The average molecular weight is 671 g/mol. The zero-order chi connectivity index (χ0) is 34.3. The summed E-state index contributed by atoms with van der Waals surface area (Å²) in [7, 11) is 0. The van der Waals surface area contributed by atoms with E-state index < -0.39 is 29.8 Å². The van der Waals surface area contributed by atoms with Crippen LogP contribution in [0.1, 0.15) is 46.9 Å². The predicted molar refractivity (Wildman–Crippen MR) is 176 cm³/mol. The number of benzene rings is 3. The highest BCUT2D eigenvalue weighted by Gasteiger charge is 2.40. The summed E-state index contributed by atoms with van der Waals surface area (Å²) in [5.74, 6) is -2.12. The number of hydrogen-bond donors (Lipinski definition) is 1. The average Bonchev–Trinajstić information content (AvgIpc) is 3.63. The lowest BCUT2D eigenvalue weighted by Crippen LogP contribution is -2.44. The normalized spacial score (nSPS) is 15.9. The number of anilines is 1. The molecule has 13 heteroatoms. The van der Waals surface area contributed by atoms with E-state index in [-0.39, 0.29) is 58.6 Å². The lowest BCUT2D eigenvalue weighted by Gasteiger charge is -2.24. The lowest BCUT2D eigenvalue weighted by molar-refractivity contribution is -0.137. The van der Waals surface area contributed by atoms with E-state index in [4.69, 9.17) is 11.6 Å². The Bertz CT molecular complexity index is 2120. The molecule has 1 aliphatic heterocycles. The summed E-state index contributed by atoms with van der Waals surface area (Å²) >= 11 is 6.32. The van der Waals surface area contributed by atoms with E-state index in [2.05, 4.69) is 20.4 Å². The first-order valence-electron chi connectivity index (χ1n) is 15.1. The van der Waals surface area contributed by atoms with Crippen molar-refractivity contribution in [2.45, 2.75) is 46.0 Å². The van der Waals surface area contributed by atoms with Crippen molar-refractivity contribution in [2.24, 2.45) is 0 Å². The first-order valence-corrected chi connectivity index (χ1v) is 15.4. The van der Waals surface area contributed by atoms with E-state index in [9.17, 15) is 23.6 Å². The molecule has 1 aliphatic rings. The fourth-order valence-corrected chi connectivity index (χ4v) is 6.03. The Kier molecular flexibility index (Phi) is 8.85. The first kappa shape index (κ1) is 32.6. The van der Waals surface area contributed by atoms with Gasteiger partial charge >= 0.3 is 0 Å². The van der Waals surface area contributed by atoms with Gasteiger partial charge in [0, 0.05) is 58.4 Å². The van der Waals surface area contributed by atoms with Crippen molar-refractivity contribution in [1.82, 2.24) is 24.6 Å². The largest absolute Gasteiger partial charge is 0.326 e. The Hall–Kier alpha value is -5.36. The van der Waals surface area contributed by atoms with Crippen molar-refractivity contribution in [3.8, 4) is 22.3 Å². The second kappa shape index (κ2) is 13.0. The molecule has 2 aromatic heterocycles. The molecule has 10 nitrogen and oxygen atoms in total. The number of nitrogens with zero attached hydrogens (tertiary/aromatic N) is 5. The molecule has 0 bridgehead atoms. The van der Waals surface area contributed by atoms with Crippen LogP contribution in [0.3, 0.4) is 0 Å². The Morgan fingerprint density at radius 3 is 2.42 bits per heavy atom. The van der Waals surface area contributed by atoms with Gasteiger partial charge in [-0.05, 0) is 55.8 Å². The Morgan fingerprint density at radius 1 is 0.958 bits per heavy atom. The van der Waals surface area contributed by atoms with Gasteiger partial charge in [-0.25, -0.2) is 18.7 Å². The second-order valence-corrected chi connectivity index (χ2v) is 12.0. The Balaban J connectivity index is 1.25. The molecule has 244 valence electrons. The van der Waals surface area contributed by atoms with Crippen LogP contribution < -0.4 is 5.32 Å². The molecule has 1 N–H and O–H groups in total. The number of Topliss-reactive ketones (excluding diaryl/α,β-unsaturated/α-hetero) is 2. The number of nitrogens with one attached hydrogen (secondary N) is 1. The third-order valence-corrected chi connectivity index (χ3v) is 8.61. The maximum atomic E-state index is 15.7. The van der Waals surface area contributed by atoms with E-state index in [1.54, 1.807) is 37.5 Å². The van der Waals surface area contributed by atoms with E-state index in [0.717, 1.165) is 16.0 Å². The van der Waals surface area contributed by atoms with Crippen LogP contribution in [0.2, 0.25) is 5.02 Å². The summed E-state index contributed by atoms with van der Waals surface area (Å²) < 4.78 is 31.9. The molecular formula is C35H29ClF2N6O4. The number of rotatable bonds is 8. The number of halogens is 3. The minimum Gasteiger partial charge on any atom is -0.326 e. The van der Waals surface area contributed by atoms with Crippen LogP contribution in [0.15, 0.2) is 67.0 Å². The Labute approximate surface area is 278 Å². The summed E-state index contributed by atoms with van der Waals surface area (Å²) in [6.45, 7) is 3.80. The number of alkyl halides is 1. The second-order valence-electron chi connectivity index (χ2n) is 11.6. The number of aryl methyl sites for hydroxylation is 1. The van der Waals surface area contributed by atoms with Gasteiger partial charge in [-0.15, -0.1) is 0 Å². The van der Waals surface area contributed by atoms with Crippen LogP contribution in [-0.2, 0) is 16.1 Å². The van der Waals surface area contributed by atoms with Crippen LogP contribution in [-0.4, -0.2) is 66.8 Å². The molecule has 5 aromatic rings. The number of hydrogen-bond acceptors (Lipinski definition) is 7. The zero-order valence-corrected chi connectivity index (χ0v) is 26.9. The molecule has 1 saturated heterocycles. The fraction of sp³-hybridized carbons (Fsp3) is 0.229. The van der Waals surface area contributed by atoms with Gasteiger partial charge < -0.3 is 10.2 Å². The number of carbonyl (C=O) groups excluding carboxylic acids is 4. The van der Waals surface area contributed by atoms with Crippen molar-refractivity contribution in [1.29, 1.82) is 0 Å². The van der Waals surface area contributed by atoms with Crippen molar-refractivity contribution >= 4 is 51.6 Å². The molecular weight excluding hydrogens is 642 g/mol. The molecule has 2 amide bonds. The molecule has 3 heterocycles. The number of amides is 2. The third kappa shape index (κ3) is 6.30. The van der Waals surface area contributed by atoms with E-state index in [1.165, 1.54) is 54.9 Å². The van der Waals surface area contributed by atoms with Gasteiger partial charge in [0.15, 0.2) is 17.4 Å². The zero-order valence-electron chi connectivity index (χ0n) is 26.1. The number of carbonyl (C=O) groups is 4. The van der Waals surface area contributed by atoms with Crippen molar-refractivity contribution in [3.63, 3.8) is 0 Å². The maximum Gasteiger partial charge on any atom is 0.247 e.